The molecular weight excluding hydrogens is 240 g/mol. The topological polar surface area (TPSA) is 62.9 Å². The largest absolute Gasteiger partial charge is 0.497 e. The zero-order valence-corrected chi connectivity index (χ0v) is 11.3. The van der Waals surface area contributed by atoms with Crippen molar-refractivity contribution in [1.82, 2.24) is 9.78 Å². The lowest BCUT2D eigenvalue weighted by atomic mass is 10.1. The summed E-state index contributed by atoms with van der Waals surface area (Å²) in [5.74, 6) is 0.726. The molecule has 0 bridgehead atoms. The number of benzene rings is 1. The maximum absolute atomic E-state index is 9.09. The first-order chi connectivity index (χ1) is 9.15. The van der Waals surface area contributed by atoms with Gasteiger partial charge in [0, 0.05) is 30.9 Å². The van der Waals surface area contributed by atoms with Crippen LogP contribution < -0.4 is 10.1 Å². The van der Waals surface area contributed by atoms with Gasteiger partial charge in [-0.25, -0.2) is 0 Å². The quantitative estimate of drug-likeness (QED) is 0.911. The maximum atomic E-state index is 9.09. The molecule has 1 aromatic heterocycles. The predicted molar refractivity (Wildman–Crippen MR) is 73.0 cm³/mol. The van der Waals surface area contributed by atoms with Gasteiger partial charge >= 0.3 is 0 Å². The van der Waals surface area contributed by atoms with Crippen molar-refractivity contribution in [2.45, 2.75) is 13.5 Å². The number of nitriles is 1. The first kappa shape index (κ1) is 13.0. The summed E-state index contributed by atoms with van der Waals surface area (Å²) in [7, 11) is 3.52. The van der Waals surface area contributed by atoms with Crippen LogP contribution in [0.1, 0.15) is 16.8 Å². The Morgan fingerprint density at radius 2 is 2.26 bits per heavy atom. The minimum atomic E-state index is 0.599. The number of ether oxygens (including phenoxy) is 1. The molecule has 0 aliphatic heterocycles. The van der Waals surface area contributed by atoms with E-state index in [1.54, 1.807) is 19.2 Å². The number of rotatable bonds is 4. The zero-order chi connectivity index (χ0) is 13.8. The van der Waals surface area contributed by atoms with Gasteiger partial charge < -0.3 is 10.1 Å². The van der Waals surface area contributed by atoms with E-state index in [9.17, 15) is 0 Å². The van der Waals surface area contributed by atoms with Gasteiger partial charge in [0.2, 0.25) is 0 Å². The number of nitrogens with one attached hydrogen (secondary N) is 1. The number of aryl methyl sites for hydroxylation is 1. The van der Waals surface area contributed by atoms with E-state index >= 15 is 0 Å². The van der Waals surface area contributed by atoms with Crippen molar-refractivity contribution in [2.24, 2.45) is 7.05 Å². The molecule has 0 saturated carbocycles. The minimum absolute atomic E-state index is 0.599. The Morgan fingerprint density at radius 1 is 1.47 bits per heavy atom. The molecule has 5 nitrogen and oxygen atoms in total. The van der Waals surface area contributed by atoms with Crippen molar-refractivity contribution in [1.29, 1.82) is 5.26 Å². The average molecular weight is 256 g/mol. The number of hydrogen-bond acceptors (Lipinski definition) is 4. The lowest BCUT2D eigenvalue weighted by molar-refractivity contribution is 0.415. The fourth-order valence-corrected chi connectivity index (χ4v) is 1.80. The third-order valence-corrected chi connectivity index (χ3v) is 3.15. The molecule has 2 aromatic rings. The van der Waals surface area contributed by atoms with Crippen LogP contribution in [0.5, 0.6) is 5.75 Å². The van der Waals surface area contributed by atoms with Crippen molar-refractivity contribution in [2.75, 3.05) is 12.4 Å². The van der Waals surface area contributed by atoms with Crippen LogP contribution in [0.3, 0.4) is 0 Å². The molecule has 0 aliphatic carbocycles. The SMILES string of the molecule is COc1ccc(C#N)c(NCc2cnn(C)c2C)c1. The summed E-state index contributed by atoms with van der Waals surface area (Å²) in [6, 6.07) is 7.51. The van der Waals surface area contributed by atoms with Gasteiger partial charge in [-0.15, -0.1) is 0 Å². The number of aromatic nitrogens is 2. The van der Waals surface area contributed by atoms with Gasteiger partial charge in [0.1, 0.15) is 11.8 Å². The molecule has 5 heteroatoms. The van der Waals surface area contributed by atoms with E-state index in [4.69, 9.17) is 10.00 Å². The maximum Gasteiger partial charge on any atom is 0.121 e. The molecule has 0 aliphatic rings. The van der Waals surface area contributed by atoms with E-state index in [1.165, 1.54) is 0 Å². The first-order valence-corrected chi connectivity index (χ1v) is 5.95. The molecule has 0 spiro atoms. The van der Waals surface area contributed by atoms with E-state index in [-0.39, 0.29) is 0 Å². The third-order valence-electron chi connectivity index (χ3n) is 3.15. The molecular formula is C14H16N4O. The van der Waals surface area contributed by atoms with Gasteiger partial charge in [-0.3, -0.25) is 4.68 Å². The van der Waals surface area contributed by atoms with Gasteiger partial charge in [-0.2, -0.15) is 10.4 Å². The van der Waals surface area contributed by atoms with E-state index < -0.39 is 0 Å². The summed E-state index contributed by atoms with van der Waals surface area (Å²) < 4.78 is 7.00. The van der Waals surface area contributed by atoms with E-state index in [1.807, 2.05) is 30.9 Å². The Morgan fingerprint density at radius 3 is 2.84 bits per heavy atom. The third kappa shape index (κ3) is 2.68. The molecule has 98 valence electrons. The Labute approximate surface area is 112 Å². The fourth-order valence-electron chi connectivity index (χ4n) is 1.80. The molecule has 1 N–H and O–H groups in total. The summed E-state index contributed by atoms with van der Waals surface area (Å²) >= 11 is 0. The highest BCUT2D eigenvalue weighted by Gasteiger charge is 2.07. The minimum Gasteiger partial charge on any atom is -0.497 e. The van der Waals surface area contributed by atoms with E-state index in [2.05, 4.69) is 16.5 Å². The van der Waals surface area contributed by atoms with Crippen LogP contribution in [0.2, 0.25) is 0 Å². The van der Waals surface area contributed by atoms with Crippen molar-refractivity contribution >= 4 is 5.69 Å². The molecule has 0 radical (unpaired) electrons. The Kier molecular flexibility index (Phi) is 3.71. The number of methoxy groups -OCH3 is 1. The molecule has 0 amide bonds. The summed E-state index contributed by atoms with van der Waals surface area (Å²) in [5.41, 5.74) is 3.58. The van der Waals surface area contributed by atoms with E-state index in [0.29, 0.717) is 12.1 Å². The Hall–Kier alpha value is -2.48. The van der Waals surface area contributed by atoms with Gasteiger partial charge in [0.15, 0.2) is 0 Å². The van der Waals surface area contributed by atoms with Crippen molar-refractivity contribution in [3.63, 3.8) is 0 Å². The number of hydrogen-bond donors (Lipinski definition) is 1. The second-order valence-electron chi connectivity index (χ2n) is 4.26. The lowest BCUT2D eigenvalue weighted by Crippen LogP contribution is -2.03. The Bertz CT molecular complexity index is 625. The standard InChI is InChI=1S/C14H16N4O/c1-10-12(9-17-18(10)2)8-16-14-6-13(19-3)5-4-11(14)7-15/h4-6,9,16H,8H2,1-3H3. The van der Waals surface area contributed by atoms with Crippen LogP contribution in [0.15, 0.2) is 24.4 Å². The van der Waals surface area contributed by atoms with Crippen molar-refractivity contribution in [3.8, 4) is 11.8 Å². The second kappa shape index (κ2) is 5.44. The highest BCUT2D eigenvalue weighted by Crippen LogP contribution is 2.22. The van der Waals surface area contributed by atoms with Crippen LogP contribution in [0.25, 0.3) is 0 Å². The molecule has 1 heterocycles. The van der Waals surface area contributed by atoms with E-state index in [0.717, 1.165) is 22.7 Å². The lowest BCUT2D eigenvalue weighted by Gasteiger charge is -2.09. The van der Waals surface area contributed by atoms with Crippen LogP contribution in [0.4, 0.5) is 5.69 Å². The monoisotopic (exact) mass is 256 g/mol. The number of nitrogens with zero attached hydrogens (tertiary/aromatic N) is 3. The van der Waals surface area contributed by atoms with Crippen LogP contribution in [-0.2, 0) is 13.6 Å². The molecule has 0 saturated heterocycles. The second-order valence-corrected chi connectivity index (χ2v) is 4.26. The number of anilines is 1. The molecule has 2 rings (SSSR count). The van der Waals surface area contributed by atoms with Crippen LogP contribution in [0, 0.1) is 18.3 Å². The molecule has 0 fully saturated rings. The zero-order valence-electron chi connectivity index (χ0n) is 11.3. The first-order valence-electron chi connectivity index (χ1n) is 5.95. The average Bonchev–Trinajstić information content (AvgIpc) is 2.76. The molecule has 0 unspecified atom stereocenters. The van der Waals surface area contributed by atoms with Gasteiger partial charge in [-0.1, -0.05) is 0 Å². The van der Waals surface area contributed by atoms with Gasteiger partial charge in [0.25, 0.3) is 0 Å². The molecule has 1 aromatic carbocycles. The summed E-state index contributed by atoms with van der Waals surface area (Å²) in [6.45, 7) is 2.64. The van der Waals surface area contributed by atoms with Crippen molar-refractivity contribution < 1.29 is 4.74 Å². The van der Waals surface area contributed by atoms with Crippen molar-refractivity contribution in [3.05, 3.63) is 41.2 Å². The highest BCUT2D eigenvalue weighted by molar-refractivity contribution is 5.60. The summed E-state index contributed by atoms with van der Waals surface area (Å²) in [5, 5.41) is 16.5. The summed E-state index contributed by atoms with van der Waals surface area (Å²) in [6.07, 6.45) is 1.83. The van der Waals surface area contributed by atoms with Crippen LogP contribution in [-0.4, -0.2) is 16.9 Å². The highest BCUT2D eigenvalue weighted by atomic mass is 16.5. The molecule has 19 heavy (non-hydrogen) atoms. The molecule has 0 atom stereocenters. The van der Waals surface area contributed by atoms with Gasteiger partial charge in [0.05, 0.1) is 24.6 Å². The Balaban J connectivity index is 2.19. The predicted octanol–water partition coefficient (Wildman–Crippen LogP) is 2.22. The van der Waals surface area contributed by atoms with Crippen LogP contribution >= 0.6 is 0 Å². The normalized spacial score (nSPS) is 10.0. The van der Waals surface area contributed by atoms with Gasteiger partial charge in [-0.05, 0) is 19.1 Å². The smallest absolute Gasteiger partial charge is 0.121 e. The summed E-state index contributed by atoms with van der Waals surface area (Å²) in [4.78, 5) is 0. The fraction of sp³-hybridized carbons (Fsp3) is 0.286.